The van der Waals surface area contributed by atoms with E-state index in [9.17, 15) is 22.5 Å². The van der Waals surface area contributed by atoms with Crippen LogP contribution in [0.25, 0.3) is 11.3 Å². The summed E-state index contributed by atoms with van der Waals surface area (Å²) in [6.07, 6.45) is 1.75. The van der Waals surface area contributed by atoms with E-state index in [2.05, 4.69) is 21.5 Å². The van der Waals surface area contributed by atoms with E-state index in [0.717, 1.165) is 40.6 Å². The first-order valence-electron chi connectivity index (χ1n) is 10.9. The lowest BCUT2D eigenvalue weighted by molar-refractivity contribution is 0.101. The van der Waals surface area contributed by atoms with Crippen LogP contribution in [0.2, 0.25) is 0 Å². The van der Waals surface area contributed by atoms with E-state index >= 15 is 0 Å². The molecule has 0 amide bonds. The van der Waals surface area contributed by atoms with Gasteiger partial charge in [-0.3, -0.25) is 8.61 Å². The third kappa shape index (κ3) is 3.85. The zero-order valence-electron chi connectivity index (χ0n) is 18.8. The zero-order chi connectivity index (χ0) is 24.3. The van der Waals surface area contributed by atoms with Crippen LogP contribution in [0.4, 0.5) is 26.0 Å². The number of hydrogen-bond acceptors (Lipinski definition) is 7. The van der Waals surface area contributed by atoms with E-state index in [1.165, 1.54) is 7.05 Å². The minimum atomic E-state index is -3.94. The second-order valence-corrected chi connectivity index (χ2v) is 11.4. The number of fused-ring (bicyclic) bond motifs is 1. The average molecular weight is 507 g/mol. The van der Waals surface area contributed by atoms with Crippen LogP contribution in [-0.4, -0.2) is 69.7 Å². The predicted molar refractivity (Wildman–Crippen MR) is 129 cm³/mol. The number of rotatable bonds is 5. The number of nitrogens with zero attached hydrogens (tertiary/aromatic N) is 6. The highest BCUT2D eigenvalue weighted by molar-refractivity contribution is 7.96. The molecule has 1 aromatic heterocycles. The van der Waals surface area contributed by atoms with Gasteiger partial charge >= 0.3 is 10.2 Å². The Balaban J connectivity index is 1.49. The third-order valence-electron chi connectivity index (χ3n) is 6.65. The smallest absolute Gasteiger partial charge is 0.326 e. The molecule has 34 heavy (non-hydrogen) atoms. The lowest BCUT2D eigenvalue weighted by Gasteiger charge is -2.34. The molecule has 1 atom stereocenters. The first kappa shape index (κ1) is 23.1. The Morgan fingerprint density at radius 3 is 2.50 bits per heavy atom. The maximum absolute atomic E-state index is 13.5. The second kappa shape index (κ2) is 8.25. The summed E-state index contributed by atoms with van der Waals surface area (Å²) in [6, 6.07) is 10.7. The molecule has 1 aromatic carbocycles. The van der Waals surface area contributed by atoms with Crippen molar-refractivity contribution in [3.8, 4) is 17.3 Å². The fourth-order valence-corrected chi connectivity index (χ4v) is 6.42. The predicted octanol–water partition coefficient (Wildman–Crippen LogP) is 3.18. The molecule has 1 unspecified atom stereocenters. The fourth-order valence-electron chi connectivity index (χ4n) is 4.43. The first-order valence-corrected chi connectivity index (χ1v) is 13.5. The minimum Gasteiger partial charge on any atom is -0.354 e. The summed E-state index contributed by atoms with van der Waals surface area (Å²) < 4.78 is 57.3. The fraction of sp³-hybridized carbons (Fsp3) is 0.455. The molecule has 180 valence electrons. The Kier molecular flexibility index (Phi) is 5.61. The molecule has 0 bridgehead atoms. The van der Waals surface area contributed by atoms with E-state index in [4.69, 9.17) is 4.98 Å². The van der Waals surface area contributed by atoms with Gasteiger partial charge in [-0.15, -0.1) is 0 Å². The molecule has 1 aliphatic carbocycles. The van der Waals surface area contributed by atoms with Crippen LogP contribution < -0.4 is 13.5 Å². The number of pyridine rings is 1. The maximum Gasteiger partial charge on any atom is 0.326 e. The quantitative estimate of drug-likeness (QED) is 0.576. The number of hydrogen-bond donors (Lipinski definition) is 0. The van der Waals surface area contributed by atoms with Gasteiger partial charge in [0, 0.05) is 57.7 Å². The zero-order valence-corrected chi connectivity index (χ0v) is 20.4. The number of halogens is 2. The topological polar surface area (TPSA) is 83.8 Å². The highest BCUT2D eigenvalue weighted by atomic mass is 32.2. The van der Waals surface area contributed by atoms with E-state index in [-0.39, 0.29) is 13.0 Å². The Hall–Kier alpha value is -2.62. The Bertz CT molecular complexity index is 1270. The van der Waals surface area contributed by atoms with Crippen molar-refractivity contribution in [3.05, 3.63) is 35.9 Å². The van der Waals surface area contributed by atoms with Gasteiger partial charge in [-0.1, -0.05) is 18.0 Å². The van der Waals surface area contributed by atoms with Crippen LogP contribution in [-0.2, 0) is 10.2 Å². The summed E-state index contributed by atoms with van der Waals surface area (Å²) in [6.45, 7) is 3.16. The van der Waals surface area contributed by atoms with E-state index in [1.807, 2.05) is 6.07 Å². The van der Waals surface area contributed by atoms with Crippen molar-refractivity contribution in [2.24, 2.45) is 5.92 Å². The van der Waals surface area contributed by atoms with Crippen LogP contribution >= 0.6 is 11.9 Å². The summed E-state index contributed by atoms with van der Waals surface area (Å²) in [7, 11) is -2.54. The summed E-state index contributed by atoms with van der Waals surface area (Å²) in [4.78, 5) is 6.93. The van der Waals surface area contributed by atoms with Gasteiger partial charge in [0.15, 0.2) is 0 Å². The first-order chi connectivity index (χ1) is 16.2. The molecule has 8 nitrogen and oxygen atoms in total. The van der Waals surface area contributed by atoms with Crippen molar-refractivity contribution in [1.29, 1.82) is 5.26 Å². The van der Waals surface area contributed by atoms with Gasteiger partial charge in [-0.2, -0.15) is 13.7 Å². The molecule has 5 rings (SSSR count). The van der Waals surface area contributed by atoms with Crippen LogP contribution in [0.15, 0.2) is 30.3 Å². The van der Waals surface area contributed by atoms with Crippen LogP contribution in [0, 0.1) is 17.2 Å². The van der Waals surface area contributed by atoms with Crippen LogP contribution in [0.1, 0.15) is 12.0 Å². The molecular formula is C22H24F2N6O2S2. The van der Waals surface area contributed by atoms with Gasteiger partial charge in [0.25, 0.3) is 5.92 Å². The van der Waals surface area contributed by atoms with Crippen molar-refractivity contribution in [3.63, 3.8) is 0 Å². The summed E-state index contributed by atoms with van der Waals surface area (Å²) in [5.41, 5.74) is 2.18. The van der Waals surface area contributed by atoms with E-state index < -0.39 is 22.0 Å². The minimum absolute atomic E-state index is 0.259. The van der Waals surface area contributed by atoms with Crippen molar-refractivity contribution in [2.45, 2.75) is 12.3 Å². The summed E-state index contributed by atoms with van der Waals surface area (Å²) >= 11 is 1.71. The summed E-state index contributed by atoms with van der Waals surface area (Å²) in [5, 5.41) is 9.67. The highest BCUT2D eigenvalue weighted by Crippen LogP contribution is 2.51. The lowest BCUT2D eigenvalue weighted by Crippen LogP contribution is -2.43. The van der Waals surface area contributed by atoms with Gasteiger partial charge < -0.3 is 4.90 Å². The summed E-state index contributed by atoms with van der Waals surface area (Å²) in [5.74, 6) is -3.03. The molecule has 0 radical (unpaired) electrons. The lowest BCUT2D eigenvalue weighted by atomic mass is 10.0. The highest BCUT2D eigenvalue weighted by Gasteiger charge is 2.59. The molecular weight excluding hydrogens is 482 g/mol. The Labute approximate surface area is 202 Å². The molecule has 1 saturated carbocycles. The number of alkyl halides is 2. The number of nitriles is 1. The molecule has 2 aromatic rings. The molecule has 0 spiro atoms. The van der Waals surface area contributed by atoms with E-state index in [0.29, 0.717) is 28.2 Å². The average Bonchev–Trinajstić information content (AvgIpc) is 3.41. The maximum atomic E-state index is 13.5. The van der Waals surface area contributed by atoms with Crippen LogP contribution in [0.5, 0.6) is 0 Å². The molecule has 2 aliphatic heterocycles. The normalized spacial score (nSPS) is 23.0. The van der Waals surface area contributed by atoms with E-state index in [1.54, 1.807) is 36.2 Å². The van der Waals surface area contributed by atoms with Crippen molar-refractivity contribution < 1.29 is 17.2 Å². The molecule has 12 heteroatoms. The molecule has 2 fully saturated rings. The van der Waals surface area contributed by atoms with Crippen molar-refractivity contribution in [1.82, 2.24) is 9.29 Å². The molecule has 3 heterocycles. The van der Waals surface area contributed by atoms with Crippen molar-refractivity contribution in [2.75, 3.05) is 59.5 Å². The molecule has 1 saturated heterocycles. The molecule has 0 N–H and O–H groups in total. The molecule has 3 aliphatic rings. The SMILES string of the molecule is CSN1CCN(c2ccc(C#N)c(-c3ccc4c(c3)N(C)S(=O)(=O)N4CC3CC3(F)F)n2)CC1. The number of piperazine rings is 1. The monoisotopic (exact) mass is 506 g/mol. The van der Waals surface area contributed by atoms with Gasteiger partial charge in [-0.05, 0) is 30.5 Å². The Morgan fingerprint density at radius 1 is 1.18 bits per heavy atom. The largest absolute Gasteiger partial charge is 0.354 e. The standard InChI is InChI=1S/C22H24F2N6O2S2/c1-27-19-11-15(3-5-18(19)30(34(27,31)32)14-17-12-22(17,23)24)21-16(13-25)4-6-20(26-21)28-7-9-29(33-2)10-8-28/h3-6,11,17H,7-10,12,14H2,1-2H3. The number of benzene rings is 1. The van der Waals surface area contributed by atoms with Gasteiger partial charge in [0.1, 0.15) is 11.9 Å². The Morgan fingerprint density at radius 2 is 1.88 bits per heavy atom. The van der Waals surface area contributed by atoms with Crippen LogP contribution in [0.3, 0.4) is 0 Å². The van der Waals surface area contributed by atoms with Crippen molar-refractivity contribution >= 4 is 39.3 Å². The van der Waals surface area contributed by atoms with Gasteiger partial charge in [0.2, 0.25) is 0 Å². The van der Waals surface area contributed by atoms with Gasteiger partial charge in [0.05, 0.1) is 22.6 Å². The number of anilines is 3. The number of aromatic nitrogens is 1. The van der Waals surface area contributed by atoms with Gasteiger partial charge in [-0.25, -0.2) is 18.1 Å². The third-order valence-corrected chi connectivity index (χ3v) is 9.32. The second-order valence-electron chi connectivity index (χ2n) is 8.65.